The number of hydrogen-bond donors (Lipinski definition) is 1. The fraction of sp³-hybridized carbons (Fsp3) is 0.571. The molecule has 0 unspecified atom stereocenters. The minimum Gasteiger partial charge on any atom is -0.383 e. The Kier molecular flexibility index (Phi) is 8.55. The van der Waals surface area contributed by atoms with Crippen LogP contribution in [0.5, 0.6) is 0 Å². The minimum absolute atomic E-state index is 0.720. The van der Waals surface area contributed by atoms with Gasteiger partial charge in [-0.2, -0.15) is 0 Å². The van der Waals surface area contributed by atoms with Crippen molar-refractivity contribution < 1.29 is 9.47 Å². The van der Waals surface area contributed by atoms with E-state index in [-0.39, 0.29) is 0 Å². The molecule has 0 saturated heterocycles. The van der Waals surface area contributed by atoms with Crippen molar-refractivity contribution >= 4 is 0 Å². The van der Waals surface area contributed by atoms with Crippen LogP contribution in [0.3, 0.4) is 0 Å². The molecule has 0 saturated carbocycles. The highest BCUT2D eigenvalue weighted by Crippen LogP contribution is 2.01. The van der Waals surface area contributed by atoms with E-state index in [0.717, 1.165) is 45.8 Å². The molecule has 0 amide bonds. The van der Waals surface area contributed by atoms with Crippen LogP contribution in [-0.2, 0) is 16.1 Å². The number of hydrogen-bond acceptors (Lipinski definition) is 3. The van der Waals surface area contributed by atoms with E-state index in [9.17, 15) is 0 Å². The van der Waals surface area contributed by atoms with Gasteiger partial charge in [-0.3, -0.25) is 0 Å². The van der Waals surface area contributed by atoms with Gasteiger partial charge in [0.05, 0.1) is 13.2 Å². The van der Waals surface area contributed by atoms with Crippen molar-refractivity contribution in [2.45, 2.75) is 19.4 Å². The van der Waals surface area contributed by atoms with Crippen molar-refractivity contribution in [2.24, 2.45) is 0 Å². The zero-order chi connectivity index (χ0) is 12.2. The van der Waals surface area contributed by atoms with Crippen LogP contribution in [0.2, 0.25) is 0 Å². The molecule has 0 aromatic heterocycles. The first kappa shape index (κ1) is 14.2. The van der Waals surface area contributed by atoms with E-state index in [0.29, 0.717) is 0 Å². The quantitative estimate of drug-likeness (QED) is 0.633. The van der Waals surface area contributed by atoms with Crippen LogP contribution in [0.4, 0.5) is 0 Å². The van der Waals surface area contributed by atoms with Gasteiger partial charge >= 0.3 is 0 Å². The maximum absolute atomic E-state index is 5.59. The average molecular weight is 237 g/mol. The van der Waals surface area contributed by atoms with Crippen LogP contribution >= 0.6 is 0 Å². The molecule has 0 bridgehead atoms. The molecular weight excluding hydrogens is 214 g/mol. The maximum atomic E-state index is 5.59. The Hall–Kier alpha value is -0.900. The van der Waals surface area contributed by atoms with Crippen molar-refractivity contribution in [1.29, 1.82) is 0 Å². The van der Waals surface area contributed by atoms with Crippen molar-refractivity contribution in [3.63, 3.8) is 0 Å². The number of benzene rings is 1. The molecule has 3 nitrogen and oxygen atoms in total. The van der Waals surface area contributed by atoms with Crippen molar-refractivity contribution in [3.8, 4) is 0 Å². The number of unbranched alkanes of at least 4 members (excludes halogenated alkanes) is 1. The lowest BCUT2D eigenvalue weighted by atomic mass is 10.2. The van der Waals surface area contributed by atoms with E-state index in [4.69, 9.17) is 9.47 Å². The highest BCUT2D eigenvalue weighted by Gasteiger charge is 1.92. The van der Waals surface area contributed by atoms with Gasteiger partial charge < -0.3 is 14.8 Å². The second-order valence-electron chi connectivity index (χ2n) is 3.99. The number of rotatable bonds is 10. The Bertz CT molecular complexity index is 264. The first-order chi connectivity index (χ1) is 8.43. The van der Waals surface area contributed by atoms with Gasteiger partial charge in [0, 0.05) is 20.3 Å². The fourth-order valence-electron chi connectivity index (χ4n) is 1.52. The Morgan fingerprint density at radius 3 is 2.59 bits per heavy atom. The summed E-state index contributed by atoms with van der Waals surface area (Å²) in [4.78, 5) is 0. The monoisotopic (exact) mass is 237 g/mol. The van der Waals surface area contributed by atoms with E-state index >= 15 is 0 Å². The van der Waals surface area contributed by atoms with Crippen LogP contribution in [0.15, 0.2) is 30.3 Å². The third kappa shape index (κ3) is 7.91. The van der Waals surface area contributed by atoms with Gasteiger partial charge in [0.25, 0.3) is 0 Å². The summed E-state index contributed by atoms with van der Waals surface area (Å²) in [6.07, 6.45) is 2.26. The molecule has 0 atom stereocenters. The predicted octanol–water partition coefficient (Wildman–Crippen LogP) is 2.22. The molecule has 0 aliphatic heterocycles. The van der Waals surface area contributed by atoms with Crippen molar-refractivity contribution in [1.82, 2.24) is 5.32 Å². The molecule has 1 aromatic carbocycles. The zero-order valence-electron chi connectivity index (χ0n) is 10.7. The molecule has 1 N–H and O–H groups in total. The van der Waals surface area contributed by atoms with Gasteiger partial charge in [-0.1, -0.05) is 30.3 Å². The standard InChI is InChI=1S/C14H23NO2/c1-16-12-10-15-9-5-6-11-17-13-14-7-3-2-4-8-14/h2-4,7-8,15H,5-6,9-13H2,1H3. The van der Waals surface area contributed by atoms with Gasteiger partial charge in [0.2, 0.25) is 0 Å². The van der Waals surface area contributed by atoms with E-state index in [1.807, 2.05) is 18.2 Å². The summed E-state index contributed by atoms with van der Waals surface area (Å²) in [5, 5.41) is 3.31. The molecule has 0 heterocycles. The van der Waals surface area contributed by atoms with Crippen molar-refractivity contribution in [2.75, 3.05) is 33.4 Å². The van der Waals surface area contributed by atoms with E-state index in [2.05, 4.69) is 17.4 Å². The van der Waals surface area contributed by atoms with Crippen LogP contribution in [0, 0.1) is 0 Å². The average Bonchev–Trinajstić information content (AvgIpc) is 2.38. The minimum atomic E-state index is 0.720. The molecule has 96 valence electrons. The Morgan fingerprint density at radius 2 is 1.82 bits per heavy atom. The fourth-order valence-corrected chi connectivity index (χ4v) is 1.52. The zero-order valence-corrected chi connectivity index (χ0v) is 10.7. The van der Waals surface area contributed by atoms with E-state index in [1.165, 1.54) is 5.56 Å². The van der Waals surface area contributed by atoms with Gasteiger partial charge in [-0.25, -0.2) is 0 Å². The number of nitrogens with one attached hydrogen (secondary N) is 1. The highest BCUT2D eigenvalue weighted by molar-refractivity contribution is 5.13. The molecule has 1 rings (SSSR count). The topological polar surface area (TPSA) is 30.5 Å². The molecule has 3 heteroatoms. The molecule has 0 aliphatic rings. The Labute approximate surface area is 104 Å². The lowest BCUT2D eigenvalue weighted by Gasteiger charge is -2.05. The van der Waals surface area contributed by atoms with Gasteiger partial charge in [-0.15, -0.1) is 0 Å². The first-order valence-electron chi connectivity index (χ1n) is 6.25. The molecular formula is C14H23NO2. The second kappa shape index (κ2) is 10.3. The van der Waals surface area contributed by atoms with E-state index in [1.54, 1.807) is 7.11 Å². The molecule has 0 radical (unpaired) electrons. The normalized spacial score (nSPS) is 10.6. The summed E-state index contributed by atoms with van der Waals surface area (Å²) in [7, 11) is 1.72. The van der Waals surface area contributed by atoms with Crippen LogP contribution in [0.25, 0.3) is 0 Å². The number of methoxy groups -OCH3 is 1. The van der Waals surface area contributed by atoms with Gasteiger partial charge in [0.15, 0.2) is 0 Å². The third-order valence-corrected chi connectivity index (χ3v) is 2.49. The summed E-state index contributed by atoms with van der Waals surface area (Å²) in [6.45, 7) is 4.31. The van der Waals surface area contributed by atoms with E-state index < -0.39 is 0 Å². The number of ether oxygens (including phenoxy) is 2. The smallest absolute Gasteiger partial charge is 0.0716 e. The predicted molar refractivity (Wildman–Crippen MR) is 70.1 cm³/mol. The van der Waals surface area contributed by atoms with Gasteiger partial charge in [0.1, 0.15) is 0 Å². The summed E-state index contributed by atoms with van der Waals surface area (Å²) >= 11 is 0. The molecule has 0 aliphatic carbocycles. The molecule has 0 fully saturated rings. The lowest BCUT2D eigenvalue weighted by Crippen LogP contribution is -2.20. The van der Waals surface area contributed by atoms with Crippen molar-refractivity contribution in [3.05, 3.63) is 35.9 Å². The first-order valence-corrected chi connectivity index (χ1v) is 6.25. The summed E-state index contributed by atoms with van der Waals surface area (Å²) in [6, 6.07) is 10.3. The summed E-state index contributed by atoms with van der Waals surface area (Å²) in [5.74, 6) is 0. The summed E-state index contributed by atoms with van der Waals surface area (Å²) in [5.41, 5.74) is 1.24. The van der Waals surface area contributed by atoms with Gasteiger partial charge in [-0.05, 0) is 24.9 Å². The Morgan fingerprint density at radius 1 is 1.00 bits per heavy atom. The van der Waals surface area contributed by atoms with Crippen LogP contribution < -0.4 is 5.32 Å². The SMILES string of the molecule is COCCNCCCCOCc1ccccc1. The highest BCUT2D eigenvalue weighted by atomic mass is 16.5. The molecule has 1 aromatic rings. The maximum Gasteiger partial charge on any atom is 0.0716 e. The van der Waals surface area contributed by atoms with Crippen LogP contribution in [-0.4, -0.2) is 33.4 Å². The molecule has 17 heavy (non-hydrogen) atoms. The van der Waals surface area contributed by atoms with Crippen LogP contribution in [0.1, 0.15) is 18.4 Å². The second-order valence-corrected chi connectivity index (χ2v) is 3.99. The molecule has 0 spiro atoms. The third-order valence-electron chi connectivity index (χ3n) is 2.49. The summed E-state index contributed by atoms with van der Waals surface area (Å²) < 4.78 is 10.5. The Balaban J connectivity index is 1.85. The largest absolute Gasteiger partial charge is 0.383 e. The lowest BCUT2D eigenvalue weighted by molar-refractivity contribution is 0.117.